The van der Waals surface area contributed by atoms with Gasteiger partial charge >= 0.3 is 11.7 Å². The monoisotopic (exact) mass is 345 g/mol. The highest BCUT2D eigenvalue weighted by molar-refractivity contribution is 5.94. The molecule has 0 amide bonds. The number of hydrogen-bond acceptors (Lipinski definition) is 6. The molecule has 0 heterocycles. The Morgan fingerprint density at radius 1 is 1.12 bits per heavy atom. The second-order valence-corrected chi connectivity index (χ2v) is 5.48. The molecule has 0 atom stereocenters. The first-order valence-electron chi connectivity index (χ1n) is 7.67. The van der Waals surface area contributed by atoms with E-state index in [9.17, 15) is 14.9 Å². The lowest BCUT2D eigenvalue weighted by Gasteiger charge is -2.17. The molecule has 0 radical (unpaired) electrons. The number of nitrogens with zero attached hydrogens (tertiary/aromatic N) is 1. The maximum Gasteiger partial charge on any atom is 0.341 e. The highest BCUT2D eigenvalue weighted by Crippen LogP contribution is 2.41. The highest BCUT2D eigenvalue weighted by Gasteiger charge is 2.28. The normalized spacial score (nSPS) is 10.4. The summed E-state index contributed by atoms with van der Waals surface area (Å²) in [5, 5.41) is 11.3. The number of esters is 1. The number of hydrogen-bond donors (Lipinski definition) is 0. The molecular formula is C18H19NO6. The first kappa shape index (κ1) is 18.3. The fourth-order valence-electron chi connectivity index (χ4n) is 2.19. The van der Waals surface area contributed by atoms with Crippen LogP contribution in [0, 0.1) is 10.1 Å². The SMILES string of the molecule is COC(=O)c1ccc([N+](=O)[O-])c(OC(C)C)c1OCc1ccccc1. The van der Waals surface area contributed by atoms with Crippen molar-refractivity contribution in [1.29, 1.82) is 0 Å². The molecule has 0 spiro atoms. The van der Waals surface area contributed by atoms with E-state index in [1.54, 1.807) is 13.8 Å². The Morgan fingerprint density at radius 3 is 2.36 bits per heavy atom. The molecule has 0 aromatic heterocycles. The number of rotatable bonds is 7. The molecule has 132 valence electrons. The van der Waals surface area contributed by atoms with E-state index >= 15 is 0 Å². The van der Waals surface area contributed by atoms with Crippen molar-refractivity contribution >= 4 is 11.7 Å². The van der Waals surface area contributed by atoms with Crippen LogP contribution in [0.4, 0.5) is 5.69 Å². The fourth-order valence-corrected chi connectivity index (χ4v) is 2.19. The molecule has 0 aliphatic heterocycles. The van der Waals surface area contributed by atoms with E-state index < -0.39 is 10.9 Å². The third-order valence-corrected chi connectivity index (χ3v) is 3.27. The zero-order valence-corrected chi connectivity index (χ0v) is 14.2. The summed E-state index contributed by atoms with van der Waals surface area (Å²) in [5.74, 6) is -0.746. The van der Waals surface area contributed by atoms with Crippen LogP contribution in [-0.4, -0.2) is 24.1 Å². The molecule has 0 unspecified atom stereocenters. The predicted octanol–water partition coefficient (Wildman–Crippen LogP) is 3.75. The second-order valence-electron chi connectivity index (χ2n) is 5.48. The minimum atomic E-state index is -0.661. The van der Waals surface area contributed by atoms with Crippen molar-refractivity contribution < 1.29 is 23.9 Å². The minimum Gasteiger partial charge on any atom is -0.484 e. The number of nitro groups is 1. The van der Waals surface area contributed by atoms with Crippen LogP contribution in [0.3, 0.4) is 0 Å². The van der Waals surface area contributed by atoms with E-state index in [4.69, 9.17) is 14.2 Å². The molecule has 7 heteroatoms. The van der Waals surface area contributed by atoms with Crippen LogP contribution in [0.1, 0.15) is 29.8 Å². The van der Waals surface area contributed by atoms with Crippen LogP contribution < -0.4 is 9.47 Å². The highest BCUT2D eigenvalue weighted by atomic mass is 16.6. The maximum absolute atomic E-state index is 12.0. The third-order valence-electron chi connectivity index (χ3n) is 3.27. The van der Waals surface area contributed by atoms with Gasteiger partial charge in [-0.1, -0.05) is 30.3 Å². The van der Waals surface area contributed by atoms with Crippen LogP contribution >= 0.6 is 0 Å². The molecule has 2 aromatic carbocycles. The third kappa shape index (κ3) is 4.47. The Labute approximate surface area is 145 Å². The Kier molecular flexibility index (Phi) is 5.94. The summed E-state index contributed by atoms with van der Waals surface area (Å²) in [6.07, 6.45) is -0.342. The number of ether oxygens (including phenoxy) is 3. The number of benzene rings is 2. The fraction of sp³-hybridized carbons (Fsp3) is 0.278. The summed E-state index contributed by atoms with van der Waals surface area (Å²) in [6.45, 7) is 3.59. The molecule has 25 heavy (non-hydrogen) atoms. The van der Waals surface area contributed by atoms with Gasteiger partial charge in [-0.25, -0.2) is 4.79 Å². The van der Waals surface area contributed by atoms with Gasteiger partial charge in [-0.2, -0.15) is 0 Å². The molecule has 0 aliphatic rings. The van der Waals surface area contributed by atoms with Crippen LogP contribution in [0.15, 0.2) is 42.5 Å². The van der Waals surface area contributed by atoms with Gasteiger partial charge in [-0.3, -0.25) is 10.1 Å². The Hall–Kier alpha value is -3.09. The van der Waals surface area contributed by atoms with E-state index in [0.717, 1.165) is 5.56 Å². The van der Waals surface area contributed by atoms with Crippen molar-refractivity contribution in [1.82, 2.24) is 0 Å². The topological polar surface area (TPSA) is 87.9 Å². The lowest BCUT2D eigenvalue weighted by atomic mass is 10.1. The Balaban J connectivity index is 2.51. The van der Waals surface area contributed by atoms with Crippen molar-refractivity contribution in [3.63, 3.8) is 0 Å². The summed E-state index contributed by atoms with van der Waals surface area (Å²) in [4.78, 5) is 22.8. The molecule has 0 bridgehead atoms. The average molecular weight is 345 g/mol. The van der Waals surface area contributed by atoms with Gasteiger partial charge < -0.3 is 14.2 Å². The number of methoxy groups -OCH3 is 1. The van der Waals surface area contributed by atoms with Crippen molar-refractivity contribution in [2.75, 3.05) is 7.11 Å². The van der Waals surface area contributed by atoms with Gasteiger partial charge in [0.05, 0.1) is 18.1 Å². The van der Waals surface area contributed by atoms with E-state index in [-0.39, 0.29) is 35.5 Å². The number of carbonyl (C=O) groups excluding carboxylic acids is 1. The largest absolute Gasteiger partial charge is 0.484 e. The van der Waals surface area contributed by atoms with Gasteiger partial charge in [0, 0.05) is 6.07 Å². The van der Waals surface area contributed by atoms with Crippen LogP contribution in [0.5, 0.6) is 11.5 Å². The van der Waals surface area contributed by atoms with Crippen molar-refractivity contribution in [3.05, 3.63) is 63.7 Å². The molecule has 0 fully saturated rings. The van der Waals surface area contributed by atoms with E-state index in [1.165, 1.54) is 19.2 Å². The smallest absolute Gasteiger partial charge is 0.341 e. The quantitative estimate of drug-likeness (QED) is 0.431. The maximum atomic E-state index is 12.0. The molecule has 7 nitrogen and oxygen atoms in total. The molecule has 2 aromatic rings. The summed E-state index contributed by atoms with van der Waals surface area (Å²) < 4.78 is 16.1. The minimum absolute atomic E-state index is 0.00129. The molecule has 2 rings (SSSR count). The van der Waals surface area contributed by atoms with Gasteiger partial charge in [0.15, 0.2) is 5.75 Å². The summed E-state index contributed by atoms with van der Waals surface area (Å²) in [7, 11) is 1.23. The second kappa shape index (κ2) is 8.14. The average Bonchev–Trinajstić information content (AvgIpc) is 2.59. The van der Waals surface area contributed by atoms with Gasteiger partial charge in [0.1, 0.15) is 12.2 Å². The molecule has 0 saturated carbocycles. The first-order valence-corrected chi connectivity index (χ1v) is 7.67. The zero-order chi connectivity index (χ0) is 18.4. The number of nitro benzene ring substituents is 1. The lowest BCUT2D eigenvalue weighted by Crippen LogP contribution is -2.13. The molecule has 0 N–H and O–H groups in total. The van der Waals surface area contributed by atoms with Gasteiger partial charge in [-0.05, 0) is 25.5 Å². The predicted molar refractivity (Wildman–Crippen MR) is 91.0 cm³/mol. The standard InChI is InChI=1S/C18H19NO6/c1-12(2)25-17-15(19(21)22)10-9-14(18(20)23-3)16(17)24-11-13-7-5-4-6-8-13/h4-10,12H,11H2,1-3H3. The van der Waals surface area contributed by atoms with Gasteiger partial charge in [-0.15, -0.1) is 0 Å². The molecule has 0 saturated heterocycles. The van der Waals surface area contributed by atoms with Gasteiger partial charge in [0.25, 0.3) is 0 Å². The van der Waals surface area contributed by atoms with Gasteiger partial charge in [0.2, 0.25) is 5.75 Å². The van der Waals surface area contributed by atoms with Crippen LogP contribution in [-0.2, 0) is 11.3 Å². The summed E-state index contributed by atoms with van der Waals surface area (Å²) in [5.41, 5.74) is 0.643. The zero-order valence-electron chi connectivity index (χ0n) is 14.2. The van der Waals surface area contributed by atoms with E-state index in [2.05, 4.69) is 0 Å². The number of carbonyl (C=O) groups is 1. The van der Waals surface area contributed by atoms with E-state index in [1.807, 2.05) is 30.3 Å². The summed E-state index contributed by atoms with van der Waals surface area (Å²) >= 11 is 0. The van der Waals surface area contributed by atoms with Crippen LogP contribution in [0.2, 0.25) is 0 Å². The summed E-state index contributed by atoms with van der Waals surface area (Å²) in [6, 6.07) is 11.8. The molecular weight excluding hydrogens is 326 g/mol. The van der Waals surface area contributed by atoms with Crippen molar-refractivity contribution in [2.24, 2.45) is 0 Å². The lowest BCUT2D eigenvalue weighted by molar-refractivity contribution is -0.386. The van der Waals surface area contributed by atoms with Crippen molar-refractivity contribution in [3.8, 4) is 11.5 Å². The van der Waals surface area contributed by atoms with Crippen molar-refractivity contribution in [2.45, 2.75) is 26.6 Å². The van der Waals surface area contributed by atoms with Crippen LogP contribution in [0.25, 0.3) is 0 Å². The van der Waals surface area contributed by atoms with E-state index in [0.29, 0.717) is 0 Å². The molecule has 0 aliphatic carbocycles. The Bertz CT molecular complexity index is 758. The Morgan fingerprint density at radius 2 is 1.80 bits per heavy atom. The first-order chi connectivity index (χ1) is 11.9.